The van der Waals surface area contributed by atoms with Crippen LogP contribution in [0.15, 0.2) is 30.3 Å². The smallest absolute Gasteiger partial charge is 0.408 e. The first kappa shape index (κ1) is 26.2. The highest BCUT2D eigenvalue weighted by atomic mass is 32.2. The number of carbonyl (C=O) groups excluding carboxylic acids is 1. The Kier molecular flexibility index (Phi) is 10.6. The van der Waals surface area contributed by atoms with E-state index in [1.165, 1.54) is 0 Å². The summed E-state index contributed by atoms with van der Waals surface area (Å²) in [4.78, 5) is 23.2. The molecule has 30 heavy (non-hydrogen) atoms. The number of carboxylic acid groups (broad SMARTS) is 1. The second-order valence-corrected chi connectivity index (χ2v) is 10.4. The minimum Gasteiger partial charge on any atom is -0.480 e. The van der Waals surface area contributed by atoms with Crippen LogP contribution in [-0.2, 0) is 44.7 Å². The Bertz CT molecular complexity index is 902. The van der Waals surface area contributed by atoms with Crippen LogP contribution in [0.25, 0.3) is 0 Å². The maximum Gasteiger partial charge on any atom is 0.408 e. The van der Waals surface area contributed by atoms with E-state index < -0.39 is 51.1 Å². The molecule has 2 N–H and O–H groups in total. The van der Waals surface area contributed by atoms with Gasteiger partial charge in [-0.2, -0.15) is 28.6 Å². The quantitative estimate of drug-likeness (QED) is 0.372. The van der Waals surface area contributed by atoms with Crippen LogP contribution in [0.3, 0.4) is 0 Å². The van der Waals surface area contributed by atoms with E-state index in [2.05, 4.69) is 9.50 Å². The standard InChI is InChI=1S/C16H23NO10S3/c1-29(21,22)26-9-13(27-30(2,23)24)10-28-11-14(15(18)19)17-16(20)25-8-12-6-4-3-5-7-12/h3-7,13-14H,8-11H2,1-2H3,(H,17,20)(H,18,19)/t13-,14?/m0/s1. The average Bonchev–Trinajstić information content (AvgIpc) is 2.62. The molecule has 1 amide bonds. The van der Waals surface area contributed by atoms with Gasteiger partial charge in [-0.1, -0.05) is 30.3 Å². The van der Waals surface area contributed by atoms with Crippen molar-refractivity contribution >= 4 is 44.1 Å². The summed E-state index contributed by atoms with van der Waals surface area (Å²) in [5, 5.41) is 11.5. The van der Waals surface area contributed by atoms with E-state index in [0.717, 1.165) is 29.8 Å². The Hall–Kier alpha value is -1.87. The predicted molar refractivity (Wildman–Crippen MR) is 109 cm³/mol. The van der Waals surface area contributed by atoms with E-state index >= 15 is 0 Å². The minimum atomic E-state index is -3.90. The van der Waals surface area contributed by atoms with Gasteiger partial charge in [-0.25, -0.2) is 9.59 Å². The van der Waals surface area contributed by atoms with Gasteiger partial charge in [-0.05, 0) is 5.56 Å². The van der Waals surface area contributed by atoms with E-state index in [1.807, 2.05) is 0 Å². The molecule has 1 rings (SSSR count). The van der Waals surface area contributed by atoms with Gasteiger partial charge in [0, 0.05) is 11.5 Å². The van der Waals surface area contributed by atoms with Crippen molar-refractivity contribution in [3.8, 4) is 0 Å². The average molecular weight is 486 g/mol. The van der Waals surface area contributed by atoms with Gasteiger partial charge in [0.1, 0.15) is 18.8 Å². The van der Waals surface area contributed by atoms with Crippen LogP contribution in [0.5, 0.6) is 0 Å². The Morgan fingerprint density at radius 3 is 2.23 bits per heavy atom. The van der Waals surface area contributed by atoms with E-state index in [9.17, 15) is 31.5 Å². The van der Waals surface area contributed by atoms with Crippen LogP contribution in [0, 0.1) is 0 Å². The molecule has 1 unspecified atom stereocenters. The Balaban J connectivity index is 2.55. The van der Waals surface area contributed by atoms with Crippen LogP contribution < -0.4 is 5.32 Å². The molecule has 0 aliphatic carbocycles. The molecule has 170 valence electrons. The lowest BCUT2D eigenvalue weighted by atomic mass is 10.2. The minimum absolute atomic E-state index is 0.0424. The van der Waals surface area contributed by atoms with E-state index in [4.69, 9.17) is 8.92 Å². The van der Waals surface area contributed by atoms with Gasteiger partial charge in [0.05, 0.1) is 19.1 Å². The molecule has 0 radical (unpaired) electrons. The summed E-state index contributed by atoms with van der Waals surface area (Å²) in [6.45, 7) is -0.609. The first-order valence-electron chi connectivity index (χ1n) is 8.36. The molecule has 0 saturated heterocycles. The van der Waals surface area contributed by atoms with Crippen LogP contribution >= 0.6 is 11.8 Å². The second kappa shape index (κ2) is 12.1. The molecule has 2 atom stereocenters. The predicted octanol–water partition coefficient (Wildman–Crippen LogP) is 0.420. The topological polar surface area (TPSA) is 162 Å². The number of amides is 1. The van der Waals surface area contributed by atoms with Crippen molar-refractivity contribution in [3.63, 3.8) is 0 Å². The summed E-state index contributed by atoms with van der Waals surface area (Å²) in [6, 6.07) is 7.46. The number of carbonyl (C=O) groups is 2. The Labute approximate surface area is 179 Å². The molecule has 14 heteroatoms. The zero-order valence-electron chi connectivity index (χ0n) is 16.2. The number of nitrogens with one attached hydrogen (secondary N) is 1. The van der Waals surface area contributed by atoms with Crippen molar-refractivity contribution in [1.82, 2.24) is 5.32 Å². The van der Waals surface area contributed by atoms with Crippen molar-refractivity contribution in [2.45, 2.75) is 18.8 Å². The summed E-state index contributed by atoms with van der Waals surface area (Å²) < 4.78 is 59.0. The molecular weight excluding hydrogens is 462 g/mol. The number of aliphatic carboxylic acids is 1. The highest BCUT2D eigenvalue weighted by Crippen LogP contribution is 2.12. The number of ether oxygens (including phenoxy) is 1. The van der Waals surface area contributed by atoms with Crippen LogP contribution in [0.2, 0.25) is 0 Å². The Morgan fingerprint density at radius 1 is 1.07 bits per heavy atom. The zero-order valence-corrected chi connectivity index (χ0v) is 18.7. The number of thioether (sulfide) groups is 1. The van der Waals surface area contributed by atoms with Crippen LogP contribution in [0.4, 0.5) is 4.79 Å². The summed E-state index contributed by atoms with van der Waals surface area (Å²) in [7, 11) is -7.73. The van der Waals surface area contributed by atoms with E-state index in [1.54, 1.807) is 30.3 Å². The molecule has 0 heterocycles. The molecule has 0 fully saturated rings. The first-order valence-corrected chi connectivity index (χ1v) is 13.1. The molecular formula is C16H23NO10S3. The molecule has 0 saturated carbocycles. The van der Waals surface area contributed by atoms with Crippen molar-refractivity contribution in [3.05, 3.63) is 35.9 Å². The van der Waals surface area contributed by atoms with E-state index in [0.29, 0.717) is 0 Å². The molecule has 0 bridgehead atoms. The third-order valence-corrected chi connectivity index (χ3v) is 5.53. The molecule has 11 nitrogen and oxygen atoms in total. The fourth-order valence-corrected chi connectivity index (χ4v) is 4.08. The molecule has 0 aliphatic rings. The maximum absolute atomic E-state index is 11.8. The Morgan fingerprint density at radius 2 is 1.70 bits per heavy atom. The van der Waals surface area contributed by atoms with Crippen molar-refractivity contribution in [2.75, 3.05) is 30.6 Å². The molecule has 1 aromatic rings. The van der Waals surface area contributed by atoms with Gasteiger partial charge in [-0.3, -0.25) is 8.37 Å². The fraction of sp³-hybridized carbons (Fsp3) is 0.500. The number of benzene rings is 1. The zero-order chi connectivity index (χ0) is 22.8. The van der Waals surface area contributed by atoms with Crippen molar-refractivity contribution in [2.24, 2.45) is 0 Å². The van der Waals surface area contributed by atoms with Crippen molar-refractivity contribution < 1.29 is 44.6 Å². The SMILES string of the molecule is CS(=O)(=O)OC[C@@H](CSCC(NC(=O)OCc1ccccc1)C(=O)O)OS(C)(=O)=O. The van der Waals surface area contributed by atoms with Gasteiger partial charge >= 0.3 is 12.1 Å². The van der Waals surface area contributed by atoms with Crippen molar-refractivity contribution in [1.29, 1.82) is 0 Å². The second-order valence-electron chi connectivity index (χ2n) is 6.05. The van der Waals surface area contributed by atoms with Gasteiger partial charge in [0.25, 0.3) is 20.2 Å². The van der Waals surface area contributed by atoms with Gasteiger partial charge in [0.2, 0.25) is 0 Å². The number of alkyl carbamates (subject to hydrolysis) is 1. The molecule has 0 aliphatic heterocycles. The summed E-state index contributed by atoms with van der Waals surface area (Å²) in [5.41, 5.74) is 0.723. The van der Waals surface area contributed by atoms with E-state index in [-0.39, 0.29) is 18.1 Å². The lowest BCUT2D eigenvalue weighted by Gasteiger charge is -2.18. The van der Waals surface area contributed by atoms with Gasteiger partial charge in [0.15, 0.2) is 0 Å². The number of carboxylic acids is 1. The lowest BCUT2D eigenvalue weighted by molar-refractivity contribution is -0.138. The third kappa shape index (κ3) is 12.6. The lowest BCUT2D eigenvalue weighted by Crippen LogP contribution is -2.43. The summed E-state index contributed by atoms with van der Waals surface area (Å²) in [6.07, 6.45) is -0.520. The van der Waals surface area contributed by atoms with Crippen LogP contribution in [0.1, 0.15) is 5.56 Å². The summed E-state index contributed by atoms with van der Waals surface area (Å²) >= 11 is 0.930. The first-order chi connectivity index (χ1) is 13.9. The normalized spacial score (nSPS) is 13.9. The van der Waals surface area contributed by atoms with Gasteiger partial charge in [-0.15, -0.1) is 0 Å². The molecule has 0 aromatic heterocycles. The monoisotopic (exact) mass is 485 g/mol. The highest BCUT2D eigenvalue weighted by Gasteiger charge is 2.23. The van der Waals surface area contributed by atoms with Crippen LogP contribution in [-0.4, -0.2) is 76.8 Å². The molecule has 1 aromatic carbocycles. The number of hydrogen-bond acceptors (Lipinski definition) is 10. The number of hydrogen-bond donors (Lipinski definition) is 2. The third-order valence-electron chi connectivity index (χ3n) is 3.17. The fourth-order valence-electron chi connectivity index (χ4n) is 1.95. The maximum atomic E-state index is 11.8. The molecule has 0 spiro atoms. The largest absolute Gasteiger partial charge is 0.480 e. The highest BCUT2D eigenvalue weighted by molar-refractivity contribution is 7.99. The summed E-state index contributed by atoms with van der Waals surface area (Å²) in [5.74, 6) is -1.59. The number of rotatable bonds is 13. The van der Waals surface area contributed by atoms with Gasteiger partial charge < -0.3 is 15.2 Å².